The van der Waals surface area contributed by atoms with E-state index in [4.69, 9.17) is 0 Å². The van der Waals surface area contributed by atoms with Crippen LogP contribution < -0.4 is 5.56 Å². The zero-order valence-electron chi connectivity index (χ0n) is 10.3. The zero-order chi connectivity index (χ0) is 16.9. The van der Waals surface area contributed by atoms with E-state index in [1.807, 2.05) is 4.98 Å². The summed E-state index contributed by atoms with van der Waals surface area (Å²) in [6.45, 7) is 0. The van der Waals surface area contributed by atoms with E-state index < -0.39 is 32.7 Å². The first kappa shape index (κ1) is 20.2. The lowest BCUT2D eigenvalue weighted by Gasteiger charge is -1.92. The van der Waals surface area contributed by atoms with Crippen LogP contribution in [0.3, 0.4) is 0 Å². The van der Waals surface area contributed by atoms with E-state index >= 15 is 0 Å². The Balaban J connectivity index is 0.000000403. The molecule has 0 saturated carbocycles. The number of halogens is 3. The van der Waals surface area contributed by atoms with E-state index in [0.29, 0.717) is 6.07 Å². The van der Waals surface area contributed by atoms with Crippen molar-refractivity contribution in [3.63, 3.8) is 0 Å². The molecule has 0 fully saturated rings. The lowest BCUT2D eigenvalue weighted by atomic mass is 10.4. The molecule has 0 atom stereocenters. The predicted octanol–water partition coefficient (Wildman–Crippen LogP) is 2.95. The van der Waals surface area contributed by atoms with Crippen LogP contribution in [0, 0.1) is 31.9 Å². The third-order valence-electron chi connectivity index (χ3n) is 2.03. The molecule has 0 aliphatic rings. The standard InChI is InChI=1S/C5H2BrFN2O2.C5H3FN2O3.CH4/c6-5-4(9(10)11)1-3(7)2-8-5;6-3-1-4(8(10)11)5(9)7-2-3;/h1-2H;1-2H,(H,7,9);1H4. The fourth-order valence-electron chi connectivity index (χ4n) is 1.12. The predicted molar refractivity (Wildman–Crippen MR) is 79.0 cm³/mol. The van der Waals surface area contributed by atoms with Gasteiger partial charge in [0.15, 0.2) is 4.60 Å². The fraction of sp³-hybridized carbons (Fsp3) is 0.0909. The average Bonchev–Trinajstić information content (AvgIpc) is 2.44. The van der Waals surface area contributed by atoms with Gasteiger partial charge in [-0.1, -0.05) is 7.43 Å². The van der Waals surface area contributed by atoms with Gasteiger partial charge in [0, 0.05) is 6.20 Å². The molecule has 2 aromatic heterocycles. The molecule has 0 unspecified atom stereocenters. The molecule has 0 spiro atoms. The smallest absolute Gasteiger partial charge is 0.320 e. The molecule has 2 rings (SSSR count). The first-order valence-corrected chi connectivity index (χ1v) is 5.99. The van der Waals surface area contributed by atoms with Gasteiger partial charge in [-0.2, -0.15) is 0 Å². The van der Waals surface area contributed by atoms with Gasteiger partial charge in [0.25, 0.3) is 0 Å². The first-order valence-electron chi connectivity index (χ1n) is 5.20. The normalized spacial score (nSPS) is 9.17. The van der Waals surface area contributed by atoms with Crippen molar-refractivity contribution in [1.29, 1.82) is 0 Å². The molecular weight excluding hydrogens is 386 g/mol. The van der Waals surface area contributed by atoms with E-state index in [1.54, 1.807) is 0 Å². The van der Waals surface area contributed by atoms with E-state index in [-0.39, 0.29) is 17.7 Å². The number of H-pyrrole nitrogens is 1. The Morgan fingerprint density at radius 2 is 1.61 bits per heavy atom. The summed E-state index contributed by atoms with van der Waals surface area (Å²) in [5.74, 6) is -1.56. The Morgan fingerprint density at radius 1 is 1.09 bits per heavy atom. The molecule has 0 aromatic carbocycles. The summed E-state index contributed by atoms with van der Waals surface area (Å²) in [5.41, 5.74) is -2.06. The van der Waals surface area contributed by atoms with Crippen LogP contribution in [-0.2, 0) is 0 Å². The summed E-state index contributed by atoms with van der Waals surface area (Å²) in [4.78, 5) is 34.3. The van der Waals surface area contributed by atoms with Crippen LogP contribution in [0.25, 0.3) is 0 Å². The zero-order valence-corrected chi connectivity index (χ0v) is 11.9. The summed E-state index contributed by atoms with van der Waals surface area (Å²) in [7, 11) is 0. The third kappa shape index (κ3) is 5.86. The maximum atomic E-state index is 12.3. The molecule has 2 aromatic rings. The van der Waals surface area contributed by atoms with Crippen LogP contribution in [0.1, 0.15) is 7.43 Å². The van der Waals surface area contributed by atoms with Crippen LogP contribution in [0.5, 0.6) is 0 Å². The highest BCUT2D eigenvalue weighted by Gasteiger charge is 2.13. The first-order chi connectivity index (χ1) is 10.2. The summed E-state index contributed by atoms with van der Waals surface area (Å²) >= 11 is 2.81. The largest absolute Gasteiger partial charge is 0.336 e. The lowest BCUT2D eigenvalue weighted by molar-refractivity contribution is -0.386. The minimum atomic E-state index is -0.943. The number of aromatic amines is 1. The second-order valence-corrected chi connectivity index (χ2v) is 4.26. The van der Waals surface area contributed by atoms with Crippen molar-refractivity contribution in [3.8, 4) is 0 Å². The number of nitro groups is 2. The highest BCUT2D eigenvalue weighted by Crippen LogP contribution is 2.21. The minimum Gasteiger partial charge on any atom is -0.320 e. The van der Waals surface area contributed by atoms with Crippen LogP contribution in [-0.4, -0.2) is 19.8 Å². The molecular formula is C11H9BrF2N4O5. The third-order valence-corrected chi connectivity index (χ3v) is 2.64. The molecule has 23 heavy (non-hydrogen) atoms. The molecule has 0 amide bonds. The molecule has 0 bridgehead atoms. The number of nitrogens with zero attached hydrogens (tertiary/aromatic N) is 3. The molecule has 1 N–H and O–H groups in total. The molecule has 12 heteroatoms. The topological polar surface area (TPSA) is 132 Å². The van der Waals surface area contributed by atoms with Crippen LogP contribution in [0.4, 0.5) is 20.2 Å². The summed E-state index contributed by atoms with van der Waals surface area (Å²) in [5, 5.41) is 20.1. The molecule has 9 nitrogen and oxygen atoms in total. The summed E-state index contributed by atoms with van der Waals surface area (Å²) < 4.78 is 24.6. The number of aromatic nitrogens is 2. The van der Waals surface area contributed by atoms with E-state index in [1.165, 1.54) is 0 Å². The maximum absolute atomic E-state index is 12.3. The molecule has 0 radical (unpaired) electrons. The summed E-state index contributed by atoms with van der Waals surface area (Å²) in [6.07, 6.45) is 1.66. The number of nitrogens with one attached hydrogen (secondary N) is 1. The second-order valence-electron chi connectivity index (χ2n) is 3.51. The lowest BCUT2D eigenvalue weighted by Crippen LogP contribution is -2.10. The van der Waals surface area contributed by atoms with Gasteiger partial charge in [-0.15, -0.1) is 0 Å². The van der Waals surface area contributed by atoms with E-state index in [0.717, 1.165) is 18.5 Å². The Labute approximate surface area is 135 Å². The van der Waals surface area contributed by atoms with Crippen LogP contribution in [0.2, 0.25) is 0 Å². The SMILES string of the molecule is C.O=[N+]([O-])c1cc(F)cnc1Br.O=c1[nH]cc(F)cc1[N+](=O)[O-]. The van der Waals surface area contributed by atoms with Crippen molar-refractivity contribution in [2.45, 2.75) is 7.43 Å². The van der Waals surface area contributed by atoms with Crippen molar-refractivity contribution in [2.24, 2.45) is 0 Å². The van der Waals surface area contributed by atoms with Gasteiger partial charge in [-0.05, 0) is 15.9 Å². The van der Waals surface area contributed by atoms with Crippen molar-refractivity contribution < 1.29 is 18.6 Å². The van der Waals surface area contributed by atoms with Crippen LogP contribution in [0.15, 0.2) is 33.9 Å². The Morgan fingerprint density at radius 3 is 2.04 bits per heavy atom. The van der Waals surface area contributed by atoms with Crippen molar-refractivity contribution in [2.75, 3.05) is 0 Å². The minimum absolute atomic E-state index is 0. The Hall–Kier alpha value is -2.76. The van der Waals surface area contributed by atoms with E-state index in [2.05, 4.69) is 20.9 Å². The molecule has 0 aliphatic heterocycles. The van der Waals surface area contributed by atoms with Gasteiger partial charge < -0.3 is 4.98 Å². The molecule has 0 saturated heterocycles. The van der Waals surface area contributed by atoms with Crippen molar-refractivity contribution in [3.05, 3.63) is 71.3 Å². The van der Waals surface area contributed by atoms with Gasteiger partial charge in [-0.3, -0.25) is 25.0 Å². The van der Waals surface area contributed by atoms with Gasteiger partial charge in [0.05, 0.1) is 28.2 Å². The fourth-order valence-corrected chi connectivity index (χ4v) is 1.48. The number of pyridine rings is 2. The quantitative estimate of drug-likeness (QED) is 0.472. The van der Waals surface area contributed by atoms with Crippen LogP contribution >= 0.6 is 15.9 Å². The van der Waals surface area contributed by atoms with Gasteiger partial charge in [0.2, 0.25) is 0 Å². The van der Waals surface area contributed by atoms with E-state index in [9.17, 15) is 33.8 Å². The average molecular weight is 395 g/mol. The highest BCUT2D eigenvalue weighted by molar-refractivity contribution is 9.10. The van der Waals surface area contributed by atoms with Gasteiger partial charge in [-0.25, -0.2) is 13.8 Å². The summed E-state index contributed by atoms with van der Waals surface area (Å²) in [6, 6.07) is 1.37. The monoisotopic (exact) mass is 394 g/mol. The highest BCUT2D eigenvalue weighted by atomic mass is 79.9. The van der Waals surface area contributed by atoms with Gasteiger partial charge >= 0.3 is 16.9 Å². The Bertz CT molecular complexity index is 783. The maximum Gasteiger partial charge on any atom is 0.336 e. The van der Waals surface area contributed by atoms with Crippen molar-refractivity contribution >= 4 is 27.3 Å². The van der Waals surface area contributed by atoms with Crippen molar-refractivity contribution in [1.82, 2.24) is 9.97 Å². The number of rotatable bonds is 2. The molecule has 124 valence electrons. The van der Waals surface area contributed by atoms with Gasteiger partial charge in [0.1, 0.15) is 11.6 Å². The Kier molecular flexibility index (Phi) is 7.59. The second kappa shape index (κ2) is 8.63. The number of hydrogen-bond donors (Lipinski definition) is 1. The number of hydrogen-bond acceptors (Lipinski definition) is 6. The molecule has 0 aliphatic carbocycles. The molecule has 2 heterocycles.